The summed E-state index contributed by atoms with van der Waals surface area (Å²) in [7, 11) is 0. The number of hydrogen-bond donors (Lipinski definition) is 2. The Bertz CT molecular complexity index is 1140. The molecule has 12 heteroatoms. The Morgan fingerprint density at radius 3 is 2.51 bits per heavy atom. The average molecular weight is 524 g/mol. The van der Waals surface area contributed by atoms with Gasteiger partial charge in [-0.05, 0) is 36.4 Å². The molecule has 2 aliphatic rings. The van der Waals surface area contributed by atoms with Gasteiger partial charge in [-0.15, -0.1) is 0 Å². The Kier molecular flexibility index (Phi) is 7.51. The number of benzene rings is 2. The van der Waals surface area contributed by atoms with Crippen molar-refractivity contribution in [3.05, 3.63) is 52.3 Å². The highest BCUT2D eigenvalue weighted by molar-refractivity contribution is 6.36. The summed E-state index contributed by atoms with van der Waals surface area (Å²) in [5.41, 5.74) is 1.22. The molecule has 2 heterocycles. The van der Waals surface area contributed by atoms with Gasteiger partial charge < -0.3 is 25.2 Å². The van der Waals surface area contributed by atoms with Crippen molar-refractivity contribution in [1.29, 1.82) is 0 Å². The number of nitrogens with zero attached hydrogens (tertiary/aromatic N) is 3. The average Bonchev–Trinajstić information content (AvgIpc) is 3.20. The summed E-state index contributed by atoms with van der Waals surface area (Å²) in [6, 6.07) is 9.08. The number of carbonyl (C=O) groups is 3. The highest BCUT2D eigenvalue weighted by Gasteiger charge is 2.33. The van der Waals surface area contributed by atoms with Crippen molar-refractivity contribution < 1.29 is 23.5 Å². The molecule has 2 aliphatic heterocycles. The Morgan fingerprint density at radius 1 is 1.11 bits per heavy atom. The number of halogens is 3. The monoisotopic (exact) mass is 523 g/mol. The second kappa shape index (κ2) is 10.6. The third-order valence-corrected chi connectivity index (χ3v) is 6.32. The van der Waals surface area contributed by atoms with Gasteiger partial charge in [0.1, 0.15) is 11.9 Å². The predicted molar refractivity (Wildman–Crippen MR) is 132 cm³/mol. The molecule has 0 radical (unpaired) electrons. The Morgan fingerprint density at radius 2 is 1.86 bits per heavy atom. The van der Waals surface area contributed by atoms with Gasteiger partial charge in [0.05, 0.1) is 35.2 Å². The van der Waals surface area contributed by atoms with Crippen LogP contribution in [-0.4, -0.2) is 68.3 Å². The van der Waals surface area contributed by atoms with Gasteiger partial charge in [-0.2, -0.15) is 0 Å². The molecule has 2 saturated heterocycles. The van der Waals surface area contributed by atoms with Crippen LogP contribution in [0.5, 0.6) is 0 Å². The van der Waals surface area contributed by atoms with Gasteiger partial charge in [-0.25, -0.2) is 14.0 Å². The maximum absolute atomic E-state index is 15.0. The molecule has 0 aliphatic carbocycles. The number of piperazine rings is 1. The quantitative estimate of drug-likeness (QED) is 0.618. The summed E-state index contributed by atoms with van der Waals surface area (Å²) in [6.07, 6.45) is -1.09. The number of carbonyl (C=O) groups excluding carboxylic acids is 3. The van der Waals surface area contributed by atoms with Gasteiger partial charge in [-0.1, -0.05) is 23.2 Å². The Hall–Kier alpha value is -3.24. The van der Waals surface area contributed by atoms with E-state index < -0.39 is 18.0 Å². The lowest BCUT2D eigenvalue weighted by atomic mass is 10.2. The van der Waals surface area contributed by atoms with E-state index in [1.165, 1.54) is 17.9 Å². The zero-order valence-corrected chi connectivity index (χ0v) is 20.4. The zero-order valence-electron chi connectivity index (χ0n) is 18.9. The van der Waals surface area contributed by atoms with Crippen LogP contribution in [0.3, 0.4) is 0 Å². The first kappa shape index (κ1) is 24.9. The second-order valence-electron chi connectivity index (χ2n) is 8.22. The molecule has 4 amide bonds. The van der Waals surface area contributed by atoms with E-state index in [-0.39, 0.29) is 25.0 Å². The number of cyclic esters (lactones) is 1. The molecule has 2 aromatic carbocycles. The molecule has 2 fully saturated rings. The van der Waals surface area contributed by atoms with Gasteiger partial charge >= 0.3 is 12.1 Å². The molecule has 9 nitrogen and oxygen atoms in total. The Labute approximate surface area is 211 Å². The van der Waals surface area contributed by atoms with Crippen LogP contribution in [0, 0.1) is 5.82 Å². The van der Waals surface area contributed by atoms with E-state index in [2.05, 4.69) is 10.6 Å². The molecule has 0 saturated carbocycles. The molecule has 0 aromatic heterocycles. The van der Waals surface area contributed by atoms with Crippen molar-refractivity contribution in [2.45, 2.75) is 13.0 Å². The lowest BCUT2D eigenvalue weighted by molar-refractivity contribution is -0.119. The first-order valence-electron chi connectivity index (χ1n) is 11.0. The van der Waals surface area contributed by atoms with Crippen LogP contribution in [-0.2, 0) is 9.53 Å². The van der Waals surface area contributed by atoms with Crippen LogP contribution in [0.2, 0.25) is 10.0 Å². The largest absolute Gasteiger partial charge is 0.442 e. The fourth-order valence-electron chi connectivity index (χ4n) is 3.95. The van der Waals surface area contributed by atoms with Gasteiger partial charge in [0.15, 0.2) is 0 Å². The molecule has 4 rings (SSSR count). The highest BCUT2D eigenvalue weighted by atomic mass is 35.5. The molecule has 0 unspecified atom stereocenters. The van der Waals surface area contributed by atoms with Crippen LogP contribution < -0.4 is 20.4 Å². The number of urea groups is 1. The first-order valence-corrected chi connectivity index (χ1v) is 11.7. The van der Waals surface area contributed by atoms with E-state index >= 15 is 0 Å². The van der Waals surface area contributed by atoms with Crippen LogP contribution in [0.25, 0.3) is 0 Å². The summed E-state index contributed by atoms with van der Waals surface area (Å²) in [4.78, 5) is 40.7. The molecule has 2 aromatic rings. The van der Waals surface area contributed by atoms with E-state index in [9.17, 15) is 18.8 Å². The van der Waals surface area contributed by atoms with Crippen molar-refractivity contribution in [2.24, 2.45) is 0 Å². The smallest absolute Gasteiger partial charge is 0.414 e. The predicted octanol–water partition coefficient (Wildman–Crippen LogP) is 3.95. The normalized spacial score (nSPS) is 17.9. The van der Waals surface area contributed by atoms with Crippen molar-refractivity contribution in [1.82, 2.24) is 10.2 Å². The van der Waals surface area contributed by atoms with E-state index in [1.807, 2.05) is 4.90 Å². The van der Waals surface area contributed by atoms with E-state index in [4.69, 9.17) is 27.9 Å². The topological polar surface area (TPSA) is 94.2 Å². The van der Waals surface area contributed by atoms with Gasteiger partial charge in [0, 0.05) is 38.1 Å². The summed E-state index contributed by atoms with van der Waals surface area (Å²) in [5, 5.41) is 6.19. The fraction of sp³-hybridized carbons (Fsp3) is 0.348. The summed E-state index contributed by atoms with van der Waals surface area (Å²) >= 11 is 12.0. The van der Waals surface area contributed by atoms with Gasteiger partial charge in [0.2, 0.25) is 5.91 Å². The van der Waals surface area contributed by atoms with Crippen molar-refractivity contribution in [3.63, 3.8) is 0 Å². The number of ether oxygens (including phenoxy) is 1. The third-order valence-electron chi connectivity index (χ3n) is 5.78. The van der Waals surface area contributed by atoms with Gasteiger partial charge in [0.25, 0.3) is 0 Å². The summed E-state index contributed by atoms with van der Waals surface area (Å²) < 4.78 is 20.2. The van der Waals surface area contributed by atoms with E-state index in [0.717, 1.165) is 0 Å². The Balaban J connectivity index is 1.34. The number of anilines is 3. The molecule has 35 heavy (non-hydrogen) atoms. The minimum absolute atomic E-state index is 0.195. The maximum atomic E-state index is 15.0. The maximum Gasteiger partial charge on any atom is 0.414 e. The summed E-state index contributed by atoms with van der Waals surface area (Å²) in [6.45, 7) is 3.43. The molecular formula is C23H24Cl2FN5O4. The van der Waals surface area contributed by atoms with E-state index in [1.54, 1.807) is 35.2 Å². The number of nitrogens with one attached hydrogen (secondary N) is 2. The van der Waals surface area contributed by atoms with Crippen LogP contribution in [0.4, 0.5) is 31.0 Å². The molecule has 2 N–H and O–H groups in total. The van der Waals surface area contributed by atoms with E-state index in [0.29, 0.717) is 53.3 Å². The first-order chi connectivity index (χ1) is 16.7. The van der Waals surface area contributed by atoms with Crippen molar-refractivity contribution in [2.75, 3.05) is 54.4 Å². The molecular weight excluding hydrogens is 500 g/mol. The molecule has 186 valence electrons. The van der Waals surface area contributed by atoms with Crippen LogP contribution in [0.15, 0.2) is 36.4 Å². The third kappa shape index (κ3) is 5.88. The van der Waals surface area contributed by atoms with Gasteiger partial charge in [-0.3, -0.25) is 9.69 Å². The highest BCUT2D eigenvalue weighted by Crippen LogP contribution is 2.29. The number of rotatable bonds is 5. The van der Waals surface area contributed by atoms with Crippen molar-refractivity contribution >= 4 is 58.3 Å². The second-order valence-corrected chi connectivity index (χ2v) is 9.06. The number of amides is 4. The lowest BCUT2D eigenvalue weighted by Crippen LogP contribution is -2.50. The summed E-state index contributed by atoms with van der Waals surface area (Å²) in [5.74, 6) is -0.701. The lowest BCUT2D eigenvalue weighted by Gasteiger charge is -2.36. The SMILES string of the molecule is CC(=O)NC[C@H]1CN(c2ccc(N3CCN(C(=O)Nc4ccc(Cl)cc4Cl)CC3)c(F)c2)C(=O)O1. The minimum atomic E-state index is -0.590. The zero-order chi connectivity index (χ0) is 25.1. The van der Waals surface area contributed by atoms with Crippen LogP contribution in [0.1, 0.15) is 6.92 Å². The molecule has 0 spiro atoms. The standard InChI is InChI=1S/C23H24Cl2FN5O4/c1-14(32)27-12-17-13-31(23(34)35-17)16-3-5-21(19(26)11-16)29-6-8-30(9-7-29)22(33)28-20-4-2-15(24)10-18(20)25/h2-5,10-11,17H,6-9,12-13H2,1H3,(H,27,32)(H,28,33)/t17-/m0/s1. The molecule has 1 atom stereocenters. The van der Waals surface area contributed by atoms with Crippen LogP contribution >= 0.6 is 23.2 Å². The molecule has 0 bridgehead atoms. The minimum Gasteiger partial charge on any atom is -0.442 e. The van der Waals surface area contributed by atoms with Crippen molar-refractivity contribution in [3.8, 4) is 0 Å². The fourth-order valence-corrected chi connectivity index (χ4v) is 4.41. The number of hydrogen-bond acceptors (Lipinski definition) is 5.